The Bertz CT molecular complexity index is 1600. The van der Waals surface area contributed by atoms with Crippen LogP contribution in [-0.2, 0) is 23.2 Å². The number of benzene rings is 2. The molecule has 4 amide bonds. The number of anilines is 2. The monoisotopic (exact) mass is 525 g/mol. The van der Waals surface area contributed by atoms with Gasteiger partial charge in [0.05, 0.1) is 11.1 Å². The Morgan fingerprint density at radius 3 is 2.21 bits per heavy atom. The van der Waals surface area contributed by atoms with E-state index in [-0.39, 0.29) is 24.4 Å². The van der Waals surface area contributed by atoms with E-state index in [9.17, 15) is 14.4 Å². The summed E-state index contributed by atoms with van der Waals surface area (Å²) in [5, 5.41) is 3.71. The number of nitrogens with zero attached hydrogens (tertiary/aromatic N) is 5. The SMILES string of the molecule is CN1C(=O)CN(Cc2ccc(-c3c(-c4ccc(NC(=O)C(C)(C)C)cc4)n(C)c4ncnc(N)c34)cc2)C1=O. The molecule has 4 aromatic rings. The van der Waals surface area contributed by atoms with Crippen LogP contribution < -0.4 is 11.1 Å². The minimum absolute atomic E-state index is 0.0599. The van der Waals surface area contributed by atoms with Crippen LogP contribution in [0.1, 0.15) is 26.3 Å². The van der Waals surface area contributed by atoms with E-state index in [2.05, 4.69) is 15.3 Å². The first-order valence-electron chi connectivity index (χ1n) is 12.6. The number of nitrogens with one attached hydrogen (secondary N) is 1. The number of nitrogens with two attached hydrogens (primary N) is 1. The molecule has 0 bridgehead atoms. The summed E-state index contributed by atoms with van der Waals surface area (Å²) in [4.78, 5) is 48.0. The highest BCUT2D eigenvalue weighted by Crippen LogP contribution is 2.41. The van der Waals surface area contributed by atoms with Crippen molar-refractivity contribution < 1.29 is 14.4 Å². The average molecular weight is 526 g/mol. The number of nitrogen functional groups attached to an aromatic ring is 1. The van der Waals surface area contributed by atoms with Crippen molar-refractivity contribution >= 4 is 40.4 Å². The first-order valence-corrected chi connectivity index (χ1v) is 12.6. The van der Waals surface area contributed by atoms with Crippen LogP contribution in [0.3, 0.4) is 0 Å². The van der Waals surface area contributed by atoms with Crippen LogP contribution in [0, 0.1) is 5.41 Å². The zero-order chi connectivity index (χ0) is 28.1. The Morgan fingerprint density at radius 2 is 1.62 bits per heavy atom. The van der Waals surface area contributed by atoms with Gasteiger partial charge < -0.3 is 20.5 Å². The number of rotatable bonds is 5. The molecule has 0 atom stereocenters. The number of hydrogen-bond acceptors (Lipinski definition) is 6. The lowest BCUT2D eigenvalue weighted by atomic mass is 9.95. The summed E-state index contributed by atoms with van der Waals surface area (Å²) in [7, 11) is 3.43. The van der Waals surface area contributed by atoms with E-state index in [1.165, 1.54) is 18.3 Å². The van der Waals surface area contributed by atoms with Crippen LogP contribution in [0.2, 0.25) is 0 Å². The molecule has 1 saturated heterocycles. The highest BCUT2D eigenvalue weighted by molar-refractivity contribution is 6.08. The number of carbonyl (C=O) groups excluding carboxylic acids is 3. The fourth-order valence-corrected chi connectivity index (χ4v) is 4.70. The van der Waals surface area contributed by atoms with Gasteiger partial charge in [0.25, 0.3) is 0 Å². The van der Waals surface area contributed by atoms with Crippen molar-refractivity contribution in [3.63, 3.8) is 0 Å². The van der Waals surface area contributed by atoms with E-state index in [1.807, 2.05) is 80.9 Å². The second-order valence-corrected chi connectivity index (χ2v) is 10.8. The first kappa shape index (κ1) is 25.9. The molecule has 1 aliphatic rings. The first-order chi connectivity index (χ1) is 18.5. The van der Waals surface area contributed by atoms with Gasteiger partial charge in [-0.1, -0.05) is 57.2 Å². The number of aryl methyl sites for hydroxylation is 1. The van der Waals surface area contributed by atoms with Crippen molar-refractivity contribution in [2.75, 3.05) is 24.6 Å². The Morgan fingerprint density at radius 1 is 0.974 bits per heavy atom. The van der Waals surface area contributed by atoms with Gasteiger partial charge in [-0.2, -0.15) is 0 Å². The predicted octanol–water partition coefficient (Wildman–Crippen LogP) is 4.26. The molecule has 200 valence electrons. The van der Waals surface area contributed by atoms with Crippen LogP contribution in [0.4, 0.5) is 16.3 Å². The molecule has 0 unspecified atom stereocenters. The van der Waals surface area contributed by atoms with Gasteiger partial charge in [0.1, 0.15) is 24.3 Å². The zero-order valence-electron chi connectivity index (χ0n) is 22.6. The summed E-state index contributed by atoms with van der Waals surface area (Å²) < 4.78 is 1.99. The largest absolute Gasteiger partial charge is 0.383 e. The number of likely N-dealkylation sites (N-methyl/N-ethyl adjacent to an activating group) is 1. The molecule has 3 heterocycles. The van der Waals surface area contributed by atoms with Crippen LogP contribution >= 0.6 is 0 Å². The summed E-state index contributed by atoms with van der Waals surface area (Å²) in [5.41, 5.74) is 11.8. The van der Waals surface area contributed by atoms with Gasteiger partial charge >= 0.3 is 6.03 Å². The topological polar surface area (TPSA) is 126 Å². The predicted molar refractivity (Wildman–Crippen MR) is 150 cm³/mol. The summed E-state index contributed by atoms with van der Waals surface area (Å²) in [6, 6.07) is 15.2. The molecule has 0 radical (unpaired) electrons. The van der Waals surface area contributed by atoms with Crippen molar-refractivity contribution in [1.29, 1.82) is 0 Å². The fraction of sp³-hybridized carbons (Fsp3) is 0.276. The third kappa shape index (κ3) is 4.69. The van der Waals surface area contributed by atoms with E-state index in [1.54, 1.807) is 0 Å². The van der Waals surface area contributed by atoms with Gasteiger partial charge in [-0.3, -0.25) is 14.5 Å². The molecule has 2 aromatic heterocycles. The maximum absolute atomic E-state index is 12.4. The molecule has 0 spiro atoms. The molecule has 1 fully saturated rings. The lowest BCUT2D eigenvalue weighted by Gasteiger charge is -2.18. The van der Waals surface area contributed by atoms with Gasteiger partial charge in [-0.15, -0.1) is 0 Å². The number of carbonyl (C=O) groups is 3. The van der Waals surface area contributed by atoms with Crippen LogP contribution in [0.15, 0.2) is 54.9 Å². The molecule has 10 nitrogen and oxygen atoms in total. The molecular formula is C29H31N7O3. The maximum Gasteiger partial charge on any atom is 0.327 e. The molecule has 10 heteroatoms. The lowest BCUT2D eigenvalue weighted by molar-refractivity contribution is -0.124. The van der Waals surface area contributed by atoms with Gasteiger partial charge in [-0.25, -0.2) is 14.8 Å². The number of hydrogen-bond donors (Lipinski definition) is 2. The normalized spacial score (nSPS) is 14.0. The van der Waals surface area contributed by atoms with Crippen molar-refractivity contribution in [3.05, 3.63) is 60.4 Å². The Labute approximate surface area is 226 Å². The number of fused-ring (bicyclic) bond motifs is 1. The van der Waals surface area contributed by atoms with E-state index in [4.69, 9.17) is 5.73 Å². The molecule has 5 rings (SSSR count). The number of aromatic nitrogens is 3. The Kier molecular flexibility index (Phi) is 6.33. The summed E-state index contributed by atoms with van der Waals surface area (Å²) in [5.74, 6) is 0.103. The Balaban J connectivity index is 1.53. The quantitative estimate of drug-likeness (QED) is 0.375. The van der Waals surface area contributed by atoms with Crippen molar-refractivity contribution in [3.8, 4) is 22.4 Å². The highest BCUT2D eigenvalue weighted by atomic mass is 16.2. The summed E-state index contributed by atoms with van der Waals surface area (Å²) in [6.45, 7) is 6.03. The maximum atomic E-state index is 12.4. The second-order valence-electron chi connectivity index (χ2n) is 10.8. The van der Waals surface area contributed by atoms with E-state index in [0.29, 0.717) is 23.7 Å². The van der Waals surface area contributed by atoms with Crippen molar-refractivity contribution in [1.82, 2.24) is 24.3 Å². The van der Waals surface area contributed by atoms with Gasteiger partial charge in [0.2, 0.25) is 11.8 Å². The van der Waals surface area contributed by atoms with Crippen LogP contribution in [0.5, 0.6) is 0 Å². The molecular weight excluding hydrogens is 494 g/mol. The van der Waals surface area contributed by atoms with Crippen molar-refractivity contribution in [2.45, 2.75) is 27.3 Å². The van der Waals surface area contributed by atoms with Crippen LogP contribution in [-0.4, -0.2) is 55.8 Å². The molecule has 2 aromatic carbocycles. The smallest absolute Gasteiger partial charge is 0.327 e. The molecule has 3 N–H and O–H groups in total. The van der Waals surface area contributed by atoms with E-state index in [0.717, 1.165) is 38.2 Å². The Hall–Kier alpha value is -4.73. The minimum Gasteiger partial charge on any atom is -0.383 e. The standard InChI is InChI=1S/C29H31N7O3/c1-29(2,3)27(38)33-20-12-10-19(11-13-20)24-22(23-25(30)31-16-32-26(23)35(24)5)18-8-6-17(7-9-18)14-36-15-21(37)34(4)28(36)39/h6-13,16H,14-15H2,1-5H3,(H,33,38)(H2,30,31,32). The number of amides is 4. The minimum atomic E-state index is -0.502. The third-order valence-electron chi connectivity index (χ3n) is 6.97. The van der Waals surface area contributed by atoms with Gasteiger partial charge in [-0.05, 0) is 28.8 Å². The molecule has 1 aliphatic heterocycles. The van der Waals surface area contributed by atoms with Gasteiger partial charge in [0, 0.05) is 37.3 Å². The number of urea groups is 1. The summed E-state index contributed by atoms with van der Waals surface area (Å²) in [6.07, 6.45) is 1.45. The molecule has 0 aliphatic carbocycles. The number of imide groups is 1. The van der Waals surface area contributed by atoms with Crippen LogP contribution in [0.25, 0.3) is 33.4 Å². The molecule has 39 heavy (non-hydrogen) atoms. The zero-order valence-corrected chi connectivity index (χ0v) is 22.6. The molecule has 0 saturated carbocycles. The highest BCUT2D eigenvalue weighted by Gasteiger charge is 2.32. The third-order valence-corrected chi connectivity index (χ3v) is 6.97. The van der Waals surface area contributed by atoms with Crippen molar-refractivity contribution in [2.24, 2.45) is 12.5 Å². The van der Waals surface area contributed by atoms with E-state index >= 15 is 0 Å². The van der Waals surface area contributed by atoms with Gasteiger partial charge in [0.15, 0.2) is 0 Å². The average Bonchev–Trinajstić information content (AvgIpc) is 3.33. The second kappa shape index (κ2) is 9.54. The lowest BCUT2D eigenvalue weighted by Crippen LogP contribution is -2.29. The fourth-order valence-electron chi connectivity index (χ4n) is 4.70. The summed E-state index contributed by atoms with van der Waals surface area (Å²) >= 11 is 0. The van der Waals surface area contributed by atoms with E-state index < -0.39 is 5.41 Å².